The van der Waals surface area contributed by atoms with E-state index in [1.165, 1.54) is 0 Å². The minimum atomic E-state index is -0.117. The molecule has 0 aliphatic heterocycles. The van der Waals surface area contributed by atoms with E-state index in [1.807, 2.05) is 0 Å². The predicted molar refractivity (Wildman–Crippen MR) is 53.1 cm³/mol. The third-order valence-electron chi connectivity index (χ3n) is 2.91. The van der Waals surface area contributed by atoms with Crippen LogP contribution in [0.15, 0.2) is 0 Å². The molecule has 0 spiro atoms. The molecule has 0 aromatic rings. The highest BCUT2D eigenvalue weighted by molar-refractivity contribution is 5.82. The second-order valence-electron chi connectivity index (χ2n) is 4.73. The largest absolute Gasteiger partial charge is 0.299 e. The summed E-state index contributed by atoms with van der Waals surface area (Å²) in [4.78, 5) is 11.4. The fraction of sp³-hybridized carbons (Fsp3) is 0.909. The molecule has 1 heteroatoms. The van der Waals surface area contributed by atoms with Gasteiger partial charge in [-0.1, -0.05) is 34.6 Å². The molecule has 0 N–H and O–H groups in total. The predicted octanol–water partition coefficient (Wildman–Crippen LogP) is 3.28. The zero-order valence-electron chi connectivity index (χ0n) is 9.27. The van der Waals surface area contributed by atoms with Crippen LogP contribution >= 0.6 is 0 Å². The van der Waals surface area contributed by atoms with E-state index in [9.17, 15) is 4.79 Å². The van der Waals surface area contributed by atoms with Crippen molar-refractivity contribution in [2.45, 2.75) is 48.0 Å². The van der Waals surface area contributed by atoms with Gasteiger partial charge in [0, 0.05) is 5.41 Å². The Labute approximate surface area is 76.6 Å². The lowest BCUT2D eigenvalue weighted by molar-refractivity contribution is -0.129. The minimum absolute atomic E-state index is 0.117. The zero-order valence-corrected chi connectivity index (χ0v) is 9.27. The quantitative estimate of drug-likeness (QED) is 0.632. The third kappa shape index (κ3) is 2.62. The van der Waals surface area contributed by atoms with Gasteiger partial charge in [0.2, 0.25) is 0 Å². The summed E-state index contributed by atoms with van der Waals surface area (Å²) in [6.07, 6.45) is 1.00. The first-order valence-corrected chi connectivity index (χ1v) is 4.81. The smallest absolute Gasteiger partial charge is 0.135 e. The van der Waals surface area contributed by atoms with E-state index in [2.05, 4.69) is 34.6 Å². The van der Waals surface area contributed by atoms with Crippen LogP contribution in [0.3, 0.4) is 0 Å². The maximum atomic E-state index is 11.4. The minimum Gasteiger partial charge on any atom is -0.299 e. The van der Waals surface area contributed by atoms with Crippen LogP contribution in [-0.4, -0.2) is 5.78 Å². The van der Waals surface area contributed by atoms with Crippen LogP contribution in [0.2, 0.25) is 0 Å². The van der Waals surface area contributed by atoms with Crippen molar-refractivity contribution in [3.05, 3.63) is 0 Å². The van der Waals surface area contributed by atoms with Crippen LogP contribution in [0.5, 0.6) is 0 Å². The average molecular weight is 170 g/mol. The summed E-state index contributed by atoms with van der Waals surface area (Å²) in [5.74, 6) is 1.37. The van der Waals surface area contributed by atoms with Gasteiger partial charge in [0.05, 0.1) is 0 Å². The highest BCUT2D eigenvalue weighted by Crippen LogP contribution is 2.34. The Bertz CT molecular complexity index is 158. The number of carbonyl (C=O) groups excluding carboxylic acids is 1. The maximum Gasteiger partial charge on any atom is 0.135 e. The van der Waals surface area contributed by atoms with E-state index in [0.29, 0.717) is 17.6 Å². The van der Waals surface area contributed by atoms with Crippen molar-refractivity contribution >= 4 is 5.78 Å². The Balaban J connectivity index is 4.51. The molecule has 0 bridgehead atoms. The van der Waals surface area contributed by atoms with Gasteiger partial charge in [-0.05, 0) is 25.2 Å². The Morgan fingerprint density at radius 1 is 1.25 bits per heavy atom. The Morgan fingerprint density at radius 2 is 1.67 bits per heavy atom. The summed E-state index contributed by atoms with van der Waals surface area (Å²) < 4.78 is 0. The summed E-state index contributed by atoms with van der Waals surface area (Å²) in [5, 5.41) is 0. The molecular formula is C11H22O. The lowest BCUT2D eigenvalue weighted by Gasteiger charge is -2.32. The van der Waals surface area contributed by atoms with Crippen LogP contribution in [-0.2, 0) is 4.79 Å². The highest BCUT2D eigenvalue weighted by Gasteiger charge is 2.33. The van der Waals surface area contributed by atoms with Crippen molar-refractivity contribution in [1.29, 1.82) is 0 Å². The average Bonchev–Trinajstić information content (AvgIpc) is 1.84. The van der Waals surface area contributed by atoms with Crippen molar-refractivity contribution in [1.82, 2.24) is 0 Å². The molecule has 0 aromatic carbocycles. The first kappa shape index (κ1) is 11.7. The van der Waals surface area contributed by atoms with Gasteiger partial charge in [0.25, 0.3) is 0 Å². The molecule has 0 fully saturated rings. The van der Waals surface area contributed by atoms with E-state index in [4.69, 9.17) is 0 Å². The van der Waals surface area contributed by atoms with Gasteiger partial charge < -0.3 is 0 Å². The monoisotopic (exact) mass is 170 g/mol. The molecule has 12 heavy (non-hydrogen) atoms. The van der Waals surface area contributed by atoms with Crippen LogP contribution in [0.4, 0.5) is 0 Å². The van der Waals surface area contributed by atoms with E-state index in [1.54, 1.807) is 6.92 Å². The molecule has 0 aliphatic carbocycles. The molecule has 72 valence electrons. The van der Waals surface area contributed by atoms with Crippen molar-refractivity contribution in [3.8, 4) is 0 Å². The fourth-order valence-electron chi connectivity index (χ4n) is 1.63. The highest BCUT2D eigenvalue weighted by atomic mass is 16.1. The molecule has 1 unspecified atom stereocenters. The van der Waals surface area contributed by atoms with Gasteiger partial charge in [-0.25, -0.2) is 0 Å². The number of carbonyl (C=O) groups is 1. The molecule has 0 aliphatic rings. The number of hydrogen-bond acceptors (Lipinski definition) is 1. The first-order chi connectivity index (χ1) is 5.30. The maximum absolute atomic E-state index is 11.4. The molecule has 0 aromatic heterocycles. The van der Waals surface area contributed by atoms with E-state index in [-0.39, 0.29) is 5.41 Å². The standard InChI is InChI=1S/C11H22O/c1-8(2)7-11(6,9(3)4)10(5)12/h8-9H,7H2,1-6H3. The molecule has 1 atom stereocenters. The number of hydrogen-bond donors (Lipinski definition) is 0. The lowest BCUT2D eigenvalue weighted by Crippen LogP contribution is -2.32. The van der Waals surface area contributed by atoms with Gasteiger partial charge in [-0.2, -0.15) is 0 Å². The molecule has 0 rings (SSSR count). The van der Waals surface area contributed by atoms with Gasteiger partial charge in [-0.3, -0.25) is 4.79 Å². The van der Waals surface area contributed by atoms with E-state index < -0.39 is 0 Å². The van der Waals surface area contributed by atoms with Crippen molar-refractivity contribution in [2.24, 2.45) is 17.3 Å². The summed E-state index contributed by atoms with van der Waals surface area (Å²) >= 11 is 0. The number of rotatable bonds is 4. The van der Waals surface area contributed by atoms with Crippen molar-refractivity contribution in [2.75, 3.05) is 0 Å². The van der Waals surface area contributed by atoms with Gasteiger partial charge in [0.15, 0.2) is 0 Å². The molecule has 0 heterocycles. The van der Waals surface area contributed by atoms with E-state index in [0.717, 1.165) is 6.42 Å². The summed E-state index contributed by atoms with van der Waals surface area (Å²) in [6, 6.07) is 0. The lowest BCUT2D eigenvalue weighted by atomic mass is 9.71. The zero-order chi connectivity index (χ0) is 9.94. The van der Waals surface area contributed by atoms with Crippen molar-refractivity contribution in [3.63, 3.8) is 0 Å². The first-order valence-electron chi connectivity index (χ1n) is 4.81. The summed E-state index contributed by atoms with van der Waals surface area (Å²) in [7, 11) is 0. The Hall–Kier alpha value is -0.330. The van der Waals surface area contributed by atoms with Crippen LogP contribution in [0.25, 0.3) is 0 Å². The second kappa shape index (κ2) is 4.06. The Morgan fingerprint density at radius 3 is 1.75 bits per heavy atom. The summed E-state index contributed by atoms with van der Waals surface area (Å²) in [5.41, 5.74) is -0.117. The van der Waals surface area contributed by atoms with E-state index >= 15 is 0 Å². The normalized spacial score (nSPS) is 16.7. The van der Waals surface area contributed by atoms with Gasteiger partial charge in [0.1, 0.15) is 5.78 Å². The molecule has 1 nitrogen and oxygen atoms in total. The molecule has 0 saturated heterocycles. The van der Waals surface area contributed by atoms with Crippen LogP contribution < -0.4 is 0 Å². The Kier molecular flexibility index (Phi) is 3.95. The van der Waals surface area contributed by atoms with Gasteiger partial charge in [-0.15, -0.1) is 0 Å². The van der Waals surface area contributed by atoms with Crippen LogP contribution in [0.1, 0.15) is 48.0 Å². The number of Topliss-reactive ketones (excluding diaryl/α,β-unsaturated/α-hetero) is 1. The second-order valence-corrected chi connectivity index (χ2v) is 4.73. The molecule has 0 amide bonds. The van der Waals surface area contributed by atoms with Gasteiger partial charge >= 0.3 is 0 Å². The van der Waals surface area contributed by atoms with Crippen molar-refractivity contribution < 1.29 is 4.79 Å². The topological polar surface area (TPSA) is 17.1 Å². The summed E-state index contributed by atoms with van der Waals surface area (Å²) in [6.45, 7) is 12.4. The third-order valence-corrected chi connectivity index (χ3v) is 2.91. The SMILES string of the molecule is CC(=O)C(C)(CC(C)C)C(C)C. The fourth-order valence-corrected chi connectivity index (χ4v) is 1.63. The van der Waals surface area contributed by atoms with Crippen LogP contribution in [0, 0.1) is 17.3 Å². The number of ketones is 1. The molecule has 0 radical (unpaired) electrons. The molecular weight excluding hydrogens is 148 g/mol. The molecule has 0 saturated carbocycles.